The predicted octanol–water partition coefficient (Wildman–Crippen LogP) is 2.04. The molecule has 0 aliphatic rings. The number of carbonyl (C=O) groups is 1. The maximum absolute atomic E-state index is 13.2. The fourth-order valence-electron chi connectivity index (χ4n) is 1.04. The Hall–Kier alpha value is -1.82. The van der Waals surface area contributed by atoms with Crippen molar-refractivity contribution in [2.75, 3.05) is 0 Å². The van der Waals surface area contributed by atoms with Gasteiger partial charge in [-0.25, -0.2) is 14.8 Å². The molecule has 0 fully saturated rings. The minimum absolute atomic E-state index is 0.0850. The van der Waals surface area contributed by atoms with Gasteiger partial charge < -0.3 is 5.11 Å². The van der Waals surface area contributed by atoms with E-state index in [0.29, 0.717) is 5.01 Å². The van der Waals surface area contributed by atoms with E-state index in [1.165, 1.54) is 17.6 Å². The van der Waals surface area contributed by atoms with Crippen molar-refractivity contribution in [3.63, 3.8) is 0 Å². The quantitative estimate of drug-likeness (QED) is 0.793. The first-order chi connectivity index (χ1) is 7.18. The summed E-state index contributed by atoms with van der Waals surface area (Å²) in [4.78, 5) is 17.8. The van der Waals surface area contributed by atoms with Gasteiger partial charge in [0.1, 0.15) is 5.01 Å². The average Bonchev–Trinajstić information content (AvgIpc) is 2.67. The number of aromatic carboxylic acids is 1. The second kappa shape index (κ2) is 3.74. The van der Waals surface area contributed by atoms with Crippen LogP contribution in [0.1, 0.15) is 10.5 Å². The molecule has 1 N–H and O–H groups in total. The number of halogens is 1. The van der Waals surface area contributed by atoms with E-state index in [1.807, 2.05) is 0 Å². The van der Waals surface area contributed by atoms with Crippen molar-refractivity contribution in [1.29, 1.82) is 0 Å². The maximum Gasteiger partial charge on any atom is 0.355 e. The third kappa shape index (κ3) is 1.84. The molecule has 2 heterocycles. The summed E-state index contributed by atoms with van der Waals surface area (Å²) in [6.45, 7) is 0. The smallest absolute Gasteiger partial charge is 0.355 e. The number of rotatable bonds is 2. The summed E-state index contributed by atoms with van der Waals surface area (Å²) in [5.74, 6) is -1.77. The lowest BCUT2D eigenvalue weighted by Crippen LogP contribution is -1.96. The first kappa shape index (κ1) is 9.72. The first-order valence-corrected chi connectivity index (χ1v) is 4.86. The summed E-state index contributed by atoms with van der Waals surface area (Å²) < 4.78 is 13.2. The zero-order chi connectivity index (χ0) is 10.8. The van der Waals surface area contributed by atoms with E-state index >= 15 is 0 Å². The summed E-state index contributed by atoms with van der Waals surface area (Å²) >= 11 is 1.07. The molecular weight excluding hydrogens is 219 g/mol. The van der Waals surface area contributed by atoms with Crippen LogP contribution < -0.4 is 0 Å². The summed E-state index contributed by atoms with van der Waals surface area (Å²) in [5, 5.41) is 10.3. The lowest BCUT2D eigenvalue weighted by atomic mass is 10.3. The largest absolute Gasteiger partial charge is 0.476 e. The molecule has 4 nitrogen and oxygen atoms in total. The maximum atomic E-state index is 13.2. The van der Waals surface area contributed by atoms with Crippen molar-refractivity contribution in [2.24, 2.45) is 0 Å². The third-order valence-corrected chi connectivity index (χ3v) is 2.59. The molecule has 0 unspecified atom stereocenters. The minimum atomic E-state index is -1.12. The van der Waals surface area contributed by atoms with Gasteiger partial charge in [-0.15, -0.1) is 11.3 Å². The number of carboxylic acids is 1. The van der Waals surface area contributed by atoms with Gasteiger partial charge in [0.25, 0.3) is 0 Å². The topological polar surface area (TPSA) is 63.1 Å². The number of carboxylic acid groups (broad SMARTS) is 1. The van der Waals surface area contributed by atoms with Crippen LogP contribution in [0.4, 0.5) is 4.39 Å². The van der Waals surface area contributed by atoms with E-state index in [0.717, 1.165) is 11.3 Å². The van der Waals surface area contributed by atoms with Gasteiger partial charge in [-0.3, -0.25) is 0 Å². The zero-order valence-corrected chi connectivity index (χ0v) is 8.16. The molecule has 0 bridgehead atoms. The van der Waals surface area contributed by atoms with Gasteiger partial charge in [-0.05, 0) is 12.1 Å². The fraction of sp³-hybridized carbons (Fsp3) is 0. The van der Waals surface area contributed by atoms with Crippen LogP contribution in [0, 0.1) is 5.95 Å². The van der Waals surface area contributed by atoms with Crippen LogP contribution in [-0.4, -0.2) is 21.0 Å². The lowest BCUT2D eigenvalue weighted by Gasteiger charge is -1.95. The Bertz CT molecular complexity index is 512. The number of hydrogen-bond donors (Lipinski definition) is 1. The third-order valence-electron chi connectivity index (χ3n) is 1.71. The number of nitrogens with zero attached hydrogens (tertiary/aromatic N) is 2. The second-order valence-electron chi connectivity index (χ2n) is 2.68. The molecule has 0 aromatic carbocycles. The Kier molecular flexibility index (Phi) is 2.42. The molecule has 0 amide bonds. The summed E-state index contributed by atoms with van der Waals surface area (Å²) in [6, 6.07) is 3.08. The van der Waals surface area contributed by atoms with E-state index < -0.39 is 11.9 Å². The van der Waals surface area contributed by atoms with Crippen LogP contribution in [0.3, 0.4) is 0 Å². The molecule has 2 aromatic rings. The van der Waals surface area contributed by atoms with E-state index in [2.05, 4.69) is 9.97 Å². The summed E-state index contributed by atoms with van der Waals surface area (Å²) in [5.41, 5.74) is 0.133. The Balaban J connectivity index is 2.46. The van der Waals surface area contributed by atoms with Crippen LogP contribution in [0.15, 0.2) is 23.7 Å². The van der Waals surface area contributed by atoms with Crippen molar-refractivity contribution in [3.8, 4) is 10.6 Å². The number of pyridine rings is 1. The van der Waals surface area contributed by atoms with Crippen LogP contribution in [-0.2, 0) is 0 Å². The fourth-order valence-corrected chi connectivity index (χ4v) is 1.85. The van der Waals surface area contributed by atoms with Crippen LogP contribution >= 0.6 is 11.3 Å². The van der Waals surface area contributed by atoms with Crippen molar-refractivity contribution in [2.45, 2.75) is 0 Å². The molecule has 76 valence electrons. The molecule has 0 atom stereocenters. The van der Waals surface area contributed by atoms with Crippen LogP contribution in [0.2, 0.25) is 0 Å². The molecule has 0 saturated heterocycles. The van der Waals surface area contributed by atoms with Crippen molar-refractivity contribution in [3.05, 3.63) is 35.4 Å². The molecule has 0 aliphatic heterocycles. The van der Waals surface area contributed by atoms with Gasteiger partial charge in [0.15, 0.2) is 5.69 Å². The number of aromatic nitrogens is 2. The monoisotopic (exact) mass is 224 g/mol. The second-order valence-corrected chi connectivity index (χ2v) is 3.54. The summed E-state index contributed by atoms with van der Waals surface area (Å²) in [6.07, 6.45) is 1.32. The predicted molar refractivity (Wildman–Crippen MR) is 52.3 cm³/mol. The Morgan fingerprint density at radius 2 is 2.33 bits per heavy atom. The van der Waals surface area contributed by atoms with Crippen molar-refractivity contribution >= 4 is 17.3 Å². The highest BCUT2D eigenvalue weighted by Crippen LogP contribution is 2.24. The average molecular weight is 224 g/mol. The number of hydrogen-bond acceptors (Lipinski definition) is 4. The van der Waals surface area contributed by atoms with Crippen molar-refractivity contribution < 1.29 is 14.3 Å². The molecule has 2 rings (SSSR count). The molecule has 6 heteroatoms. The molecule has 0 saturated carbocycles. The van der Waals surface area contributed by atoms with E-state index in [4.69, 9.17) is 5.11 Å². The van der Waals surface area contributed by atoms with Gasteiger partial charge in [0.05, 0.1) is 5.56 Å². The standard InChI is InChI=1S/C9H5FN2O2S/c10-7-5(2-1-3-11-7)8-12-6(4-15-8)9(13)14/h1-4H,(H,13,14). The van der Waals surface area contributed by atoms with Gasteiger partial charge in [-0.2, -0.15) is 4.39 Å². The zero-order valence-electron chi connectivity index (χ0n) is 7.35. The lowest BCUT2D eigenvalue weighted by molar-refractivity contribution is 0.0691. The van der Waals surface area contributed by atoms with Crippen molar-refractivity contribution in [1.82, 2.24) is 9.97 Å². The summed E-state index contributed by atoms with van der Waals surface area (Å²) in [7, 11) is 0. The SMILES string of the molecule is O=C(O)c1csc(-c2cccnc2F)n1. The highest BCUT2D eigenvalue weighted by Gasteiger charge is 2.13. The first-order valence-electron chi connectivity index (χ1n) is 3.98. The molecule has 2 aromatic heterocycles. The highest BCUT2D eigenvalue weighted by molar-refractivity contribution is 7.13. The van der Waals surface area contributed by atoms with E-state index in [1.54, 1.807) is 6.07 Å². The Morgan fingerprint density at radius 1 is 1.53 bits per heavy atom. The Morgan fingerprint density at radius 3 is 2.93 bits per heavy atom. The number of thiazole rings is 1. The van der Waals surface area contributed by atoms with Gasteiger partial charge in [0, 0.05) is 11.6 Å². The van der Waals surface area contributed by atoms with Gasteiger partial charge in [-0.1, -0.05) is 0 Å². The highest BCUT2D eigenvalue weighted by atomic mass is 32.1. The van der Waals surface area contributed by atoms with Crippen LogP contribution in [0.25, 0.3) is 10.6 Å². The Labute approximate surface area is 88.1 Å². The molecule has 0 aliphatic carbocycles. The minimum Gasteiger partial charge on any atom is -0.476 e. The van der Waals surface area contributed by atoms with Gasteiger partial charge >= 0.3 is 5.97 Å². The van der Waals surface area contributed by atoms with Gasteiger partial charge in [0.2, 0.25) is 5.95 Å². The molecular formula is C9H5FN2O2S. The molecule has 15 heavy (non-hydrogen) atoms. The molecule has 0 spiro atoms. The van der Waals surface area contributed by atoms with Crippen LogP contribution in [0.5, 0.6) is 0 Å². The van der Waals surface area contributed by atoms with E-state index in [-0.39, 0.29) is 11.3 Å². The molecule has 0 radical (unpaired) electrons. The van der Waals surface area contributed by atoms with E-state index in [9.17, 15) is 9.18 Å². The normalized spacial score (nSPS) is 10.2.